The van der Waals surface area contributed by atoms with Crippen molar-refractivity contribution in [2.45, 2.75) is 13.0 Å². The summed E-state index contributed by atoms with van der Waals surface area (Å²) >= 11 is 1.51. The fraction of sp³-hybridized carbons (Fsp3) is 0.364. The first-order valence-electron chi connectivity index (χ1n) is 4.62. The van der Waals surface area contributed by atoms with Gasteiger partial charge in [0.2, 0.25) is 0 Å². The number of rotatable bonds is 7. The van der Waals surface area contributed by atoms with Crippen molar-refractivity contribution in [2.24, 2.45) is 5.73 Å². The minimum atomic E-state index is -0.953. The van der Waals surface area contributed by atoms with Crippen molar-refractivity contribution in [3.05, 3.63) is 36.5 Å². The molecule has 0 radical (unpaired) electrons. The second-order valence-corrected chi connectivity index (χ2v) is 3.95. The van der Waals surface area contributed by atoms with Crippen molar-refractivity contribution in [3.8, 4) is 0 Å². The summed E-state index contributed by atoms with van der Waals surface area (Å²) in [6.07, 6.45) is 7.50. The lowest BCUT2D eigenvalue weighted by Crippen LogP contribution is -2.32. The van der Waals surface area contributed by atoms with E-state index in [2.05, 4.69) is 6.58 Å². The largest absolute Gasteiger partial charge is 0.480 e. The maximum Gasteiger partial charge on any atom is 0.321 e. The first kappa shape index (κ1) is 14.0. The quantitative estimate of drug-likeness (QED) is 0.651. The molecule has 0 amide bonds. The third-order valence-electron chi connectivity index (χ3n) is 1.70. The molecule has 84 valence electrons. The Kier molecular flexibility index (Phi) is 7.77. The van der Waals surface area contributed by atoms with Crippen LogP contribution in [0.4, 0.5) is 0 Å². The number of aliphatic carboxylic acids is 1. The molecule has 0 aromatic carbocycles. The van der Waals surface area contributed by atoms with Gasteiger partial charge in [-0.3, -0.25) is 4.79 Å². The maximum atomic E-state index is 10.4. The summed E-state index contributed by atoms with van der Waals surface area (Å²) in [5.74, 6) is 0.238. The molecule has 15 heavy (non-hydrogen) atoms. The summed E-state index contributed by atoms with van der Waals surface area (Å²) < 4.78 is 0. The number of thioether (sulfide) groups is 1. The molecule has 0 spiro atoms. The fourth-order valence-electron chi connectivity index (χ4n) is 0.794. The van der Waals surface area contributed by atoms with Gasteiger partial charge in [0.1, 0.15) is 6.04 Å². The van der Waals surface area contributed by atoms with Crippen molar-refractivity contribution < 1.29 is 9.90 Å². The van der Waals surface area contributed by atoms with Gasteiger partial charge in [-0.15, -0.1) is 0 Å². The van der Waals surface area contributed by atoms with Gasteiger partial charge < -0.3 is 10.8 Å². The Morgan fingerprint density at radius 1 is 1.67 bits per heavy atom. The van der Waals surface area contributed by atoms with Crippen molar-refractivity contribution in [1.82, 2.24) is 0 Å². The van der Waals surface area contributed by atoms with Gasteiger partial charge in [0.25, 0.3) is 0 Å². The van der Waals surface area contributed by atoms with E-state index in [9.17, 15) is 4.79 Å². The molecule has 0 aliphatic carbocycles. The van der Waals surface area contributed by atoms with Crippen LogP contribution in [0.3, 0.4) is 0 Å². The van der Waals surface area contributed by atoms with E-state index in [4.69, 9.17) is 10.8 Å². The molecular weight excluding hydrogens is 210 g/mol. The van der Waals surface area contributed by atoms with Crippen molar-refractivity contribution in [2.75, 3.05) is 11.5 Å². The third-order valence-corrected chi connectivity index (χ3v) is 2.83. The van der Waals surface area contributed by atoms with Crippen LogP contribution in [0.5, 0.6) is 0 Å². The average molecular weight is 227 g/mol. The lowest BCUT2D eigenvalue weighted by molar-refractivity contribution is -0.137. The Hall–Kier alpha value is -1.00. The number of hydrogen-bond donors (Lipinski definition) is 2. The Bertz CT molecular complexity index is 272. The lowest BCUT2D eigenvalue weighted by atomic mass is 10.2. The monoisotopic (exact) mass is 227 g/mol. The molecule has 0 aromatic heterocycles. The molecule has 0 heterocycles. The number of carboxylic acids is 1. The van der Waals surface area contributed by atoms with E-state index in [0.29, 0.717) is 5.75 Å². The molecule has 0 bridgehead atoms. The summed E-state index contributed by atoms with van der Waals surface area (Å²) in [6.45, 7) is 5.52. The van der Waals surface area contributed by atoms with Crippen LogP contribution in [-0.4, -0.2) is 28.6 Å². The van der Waals surface area contributed by atoms with Crippen LogP contribution in [0.15, 0.2) is 36.5 Å². The number of nitrogens with two attached hydrogens (primary N) is 1. The minimum absolute atomic E-state index is 0.425. The van der Waals surface area contributed by atoms with Crippen molar-refractivity contribution >= 4 is 17.7 Å². The molecule has 0 saturated heterocycles. The fourth-order valence-corrected chi connectivity index (χ4v) is 1.81. The van der Waals surface area contributed by atoms with Crippen LogP contribution in [0.25, 0.3) is 0 Å². The van der Waals surface area contributed by atoms with E-state index in [0.717, 1.165) is 11.3 Å². The lowest BCUT2D eigenvalue weighted by Gasteiger charge is -2.06. The Labute approximate surface area is 94.7 Å². The van der Waals surface area contributed by atoms with Gasteiger partial charge in [-0.2, -0.15) is 11.8 Å². The molecule has 4 heteroatoms. The molecule has 0 aliphatic rings. The molecular formula is C11H17NO2S. The van der Waals surface area contributed by atoms with Crippen LogP contribution in [0, 0.1) is 0 Å². The van der Waals surface area contributed by atoms with E-state index >= 15 is 0 Å². The third kappa shape index (κ3) is 6.99. The topological polar surface area (TPSA) is 63.3 Å². The van der Waals surface area contributed by atoms with Crippen LogP contribution in [-0.2, 0) is 4.79 Å². The highest BCUT2D eigenvalue weighted by molar-refractivity contribution is 7.99. The molecule has 0 rings (SSSR count). The standard InChI is InChI=1S/C11H17NO2S/c1-3-5-6-9(4-2)7-15-8-10(12)11(13)14/h3-6,10H,1,7-8,12H2,2H3,(H,13,14)/b6-5-,9-4+. The van der Waals surface area contributed by atoms with E-state index in [1.165, 1.54) is 11.8 Å². The zero-order chi connectivity index (χ0) is 11.7. The molecule has 0 aromatic rings. The normalized spacial score (nSPS) is 14.1. The van der Waals surface area contributed by atoms with Crippen molar-refractivity contribution in [1.29, 1.82) is 0 Å². The molecule has 3 N–H and O–H groups in total. The summed E-state index contributed by atoms with van der Waals surface area (Å²) in [5.41, 5.74) is 6.51. The highest BCUT2D eigenvalue weighted by Crippen LogP contribution is 2.10. The highest BCUT2D eigenvalue weighted by atomic mass is 32.2. The number of allylic oxidation sites excluding steroid dienone is 4. The molecule has 1 unspecified atom stereocenters. The van der Waals surface area contributed by atoms with Crippen LogP contribution in [0.2, 0.25) is 0 Å². The molecule has 3 nitrogen and oxygen atoms in total. The number of carboxylic acid groups (broad SMARTS) is 1. The zero-order valence-electron chi connectivity index (χ0n) is 8.85. The van der Waals surface area contributed by atoms with Crippen molar-refractivity contribution in [3.63, 3.8) is 0 Å². The Morgan fingerprint density at radius 3 is 2.80 bits per heavy atom. The summed E-state index contributed by atoms with van der Waals surface area (Å²) in [5, 5.41) is 8.57. The van der Waals surface area contributed by atoms with Gasteiger partial charge >= 0.3 is 5.97 Å². The van der Waals surface area contributed by atoms with Gasteiger partial charge in [0, 0.05) is 11.5 Å². The van der Waals surface area contributed by atoms with Gasteiger partial charge in [0.15, 0.2) is 0 Å². The molecule has 0 aliphatic heterocycles. The second-order valence-electron chi connectivity index (χ2n) is 2.92. The molecule has 1 atom stereocenters. The van der Waals surface area contributed by atoms with Gasteiger partial charge in [-0.1, -0.05) is 30.9 Å². The maximum absolute atomic E-state index is 10.4. The summed E-state index contributed by atoms with van der Waals surface area (Å²) in [7, 11) is 0. The van der Waals surface area contributed by atoms with E-state index in [-0.39, 0.29) is 0 Å². The van der Waals surface area contributed by atoms with Crippen LogP contribution in [0.1, 0.15) is 6.92 Å². The second kappa shape index (κ2) is 8.32. The predicted octanol–water partition coefficient (Wildman–Crippen LogP) is 1.82. The minimum Gasteiger partial charge on any atom is -0.480 e. The Balaban J connectivity index is 3.88. The summed E-state index contributed by atoms with van der Waals surface area (Å²) in [4.78, 5) is 10.4. The highest BCUT2D eigenvalue weighted by Gasteiger charge is 2.10. The molecule has 0 fully saturated rings. The predicted molar refractivity (Wildman–Crippen MR) is 66.0 cm³/mol. The van der Waals surface area contributed by atoms with Gasteiger partial charge in [-0.25, -0.2) is 0 Å². The van der Waals surface area contributed by atoms with E-state index in [1.807, 2.05) is 25.2 Å². The SMILES string of the molecule is C=C/C=C\C(=C/C)CSCC(N)C(=O)O. The first-order chi connectivity index (χ1) is 7.11. The zero-order valence-corrected chi connectivity index (χ0v) is 9.67. The van der Waals surface area contributed by atoms with Crippen LogP contribution >= 0.6 is 11.8 Å². The van der Waals surface area contributed by atoms with Gasteiger partial charge in [-0.05, 0) is 12.5 Å². The average Bonchev–Trinajstić information content (AvgIpc) is 2.22. The van der Waals surface area contributed by atoms with Crippen LogP contribution < -0.4 is 5.73 Å². The number of hydrogen-bond acceptors (Lipinski definition) is 3. The summed E-state index contributed by atoms with van der Waals surface area (Å²) in [6, 6.07) is -0.781. The Morgan fingerprint density at radius 2 is 2.33 bits per heavy atom. The van der Waals surface area contributed by atoms with E-state index in [1.54, 1.807) is 6.08 Å². The number of carbonyl (C=O) groups is 1. The smallest absolute Gasteiger partial charge is 0.321 e. The van der Waals surface area contributed by atoms with Gasteiger partial charge in [0.05, 0.1) is 0 Å². The van der Waals surface area contributed by atoms with E-state index < -0.39 is 12.0 Å². The molecule has 0 saturated carbocycles. The first-order valence-corrected chi connectivity index (χ1v) is 5.77.